The van der Waals surface area contributed by atoms with E-state index < -0.39 is 0 Å². The predicted octanol–water partition coefficient (Wildman–Crippen LogP) is 7.71. The van der Waals surface area contributed by atoms with Gasteiger partial charge in [-0.25, -0.2) is 0 Å². The molecule has 0 fully saturated rings. The van der Waals surface area contributed by atoms with Gasteiger partial charge in [-0.15, -0.1) is 0 Å². The van der Waals surface area contributed by atoms with E-state index in [9.17, 15) is 4.79 Å². The van der Waals surface area contributed by atoms with Gasteiger partial charge in [-0.05, 0) is 62.6 Å². The first-order chi connectivity index (χ1) is 17.4. The van der Waals surface area contributed by atoms with Gasteiger partial charge in [0.2, 0.25) is 5.91 Å². The molecule has 180 valence electrons. The van der Waals surface area contributed by atoms with Gasteiger partial charge in [0.15, 0.2) is 0 Å². The van der Waals surface area contributed by atoms with Crippen LogP contribution in [0.15, 0.2) is 83.6 Å². The van der Waals surface area contributed by atoms with Crippen LogP contribution < -0.4 is 10.1 Å². The molecule has 0 aliphatic rings. The van der Waals surface area contributed by atoms with E-state index >= 15 is 0 Å². The van der Waals surface area contributed by atoms with Crippen LogP contribution in [-0.2, 0) is 4.79 Å². The quantitative estimate of drug-likeness (QED) is 0.255. The maximum atomic E-state index is 13.0. The van der Waals surface area contributed by atoms with Crippen molar-refractivity contribution in [3.05, 3.63) is 95.9 Å². The van der Waals surface area contributed by atoms with E-state index in [1.807, 2.05) is 50.2 Å². The van der Waals surface area contributed by atoms with Crippen LogP contribution in [0.4, 0.5) is 5.69 Å². The van der Waals surface area contributed by atoms with Gasteiger partial charge in [0.1, 0.15) is 11.3 Å². The van der Waals surface area contributed by atoms with Gasteiger partial charge in [0.25, 0.3) is 0 Å². The number of benzene rings is 3. The Morgan fingerprint density at radius 1 is 1.06 bits per heavy atom. The average Bonchev–Trinajstić information content (AvgIpc) is 3.26. The summed E-state index contributed by atoms with van der Waals surface area (Å²) < 4.78 is 11.9. The number of nitrogens with one attached hydrogen (secondary N) is 1. The van der Waals surface area contributed by atoms with E-state index in [4.69, 9.17) is 9.15 Å². The number of aryl methyl sites for hydroxylation is 2. The Kier molecular flexibility index (Phi) is 6.30. The number of hydrogen-bond acceptors (Lipinski definition) is 4. The molecule has 0 bridgehead atoms. The van der Waals surface area contributed by atoms with E-state index in [0.29, 0.717) is 18.0 Å². The van der Waals surface area contributed by atoms with Crippen molar-refractivity contribution in [2.45, 2.75) is 27.7 Å². The third kappa shape index (κ3) is 4.48. The van der Waals surface area contributed by atoms with Crippen molar-refractivity contribution >= 4 is 39.0 Å². The van der Waals surface area contributed by atoms with Gasteiger partial charge in [0, 0.05) is 40.2 Å². The van der Waals surface area contributed by atoms with Crippen molar-refractivity contribution in [2.24, 2.45) is 0 Å². The first-order valence-corrected chi connectivity index (χ1v) is 12.0. The van der Waals surface area contributed by atoms with E-state index in [0.717, 1.165) is 44.1 Å². The topological polar surface area (TPSA) is 64.4 Å². The summed E-state index contributed by atoms with van der Waals surface area (Å²) in [5.41, 5.74) is 8.36. The molecule has 1 N–H and O–H groups in total. The molecule has 0 radical (unpaired) electrons. The van der Waals surface area contributed by atoms with Gasteiger partial charge >= 0.3 is 0 Å². The van der Waals surface area contributed by atoms with Crippen molar-refractivity contribution in [1.82, 2.24) is 4.98 Å². The fraction of sp³-hybridized carbons (Fsp3) is 0.161. The number of aromatic nitrogens is 1. The standard InChI is InChI=1S/C31H28N2O3/c1-5-35-28-17-29-25(26(18-36-29)23-12-11-19(2)14-20(23)3)16-24(28)21(4)15-30(34)33-27-10-6-8-22-9-7-13-32-31(22)27/h6-18H,5H2,1-4H3,(H,33,34)/b21-15+. The lowest BCUT2D eigenvalue weighted by molar-refractivity contribution is -0.111. The molecule has 0 atom stereocenters. The Labute approximate surface area is 210 Å². The lowest BCUT2D eigenvalue weighted by Crippen LogP contribution is -2.09. The smallest absolute Gasteiger partial charge is 0.248 e. The lowest BCUT2D eigenvalue weighted by atomic mass is 9.96. The van der Waals surface area contributed by atoms with Crippen LogP contribution in [0.5, 0.6) is 5.75 Å². The van der Waals surface area contributed by atoms with Crippen LogP contribution in [0.2, 0.25) is 0 Å². The Balaban J connectivity index is 1.54. The third-order valence-corrected chi connectivity index (χ3v) is 6.31. The summed E-state index contributed by atoms with van der Waals surface area (Å²) in [6, 6.07) is 19.9. The van der Waals surface area contributed by atoms with Crippen LogP contribution in [0, 0.1) is 13.8 Å². The van der Waals surface area contributed by atoms with Gasteiger partial charge in [-0.1, -0.05) is 42.0 Å². The highest BCUT2D eigenvalue weighted by Gasteiger charge is 2.16. The number of carbonyl (C=O) groups is 1. The number of para-hydroxylation sites is 1. The molecule has 5 heteroatoms. The van der Waals surface area contributed by atoms with Crippen molar-refractivity contribution in [3.63, 3.8) is 0 Å². The second-order valence-electron chi connectivity index (χ2n) is 8.94. The Hall–Kier alpha value is -4.38. The molecule has 36 heavy (non-hydrogen) atoms. The van der Waals surface area contributed by atoms with E-state index in [-0.39, 0.29) is 5.91 Å². The summed E-state index contributed by atoms with van der Waals surface area (Å²) >= 11 is 0. The molecule has 2 heterocycles. The van der Waals surface area contributed by atoms with Crippen molar-refractivity contribution < 1.29 is 13.9 Å². The minimum atomic E-state index is -0.227. The number of amides is 1. The van der Waals surface area contributed by atoms with Crippen LogP contribution in [0.25, 0.3) is 38.6 Å². The van der Waals surface area contributed by atoms with Crippen LogP contribution in [0.3, 0.4) is 0 Å². The molecule has 3 aromatic carbocycles. The molecule has 5 nitrogen and oxygen atoms in total. The summed E-state index contributed by atoms with van der Waals surface area (Å²) in [4.78, 5) is 17.4. The zero-order valence-corrected chi connectivity index (χ0v) is 20.9. The summed E-state index contributed by atoms with van der Waals surface area (Å²) in [5, 5.41) is 4.93. The SMILES string of the molecule is CCOc1cc2occ(-c3ccc(C)cc3C)c2cc1/C(C)=C/C(=O)Nc1cccc2cccnc12. The van der Waals surface area contributed by atoms with E-state index in [2.05, 4.69) is 48.4 Å². The van der Waals surface area contributed by atoms with Gasteiger partial charge in [0.05, 0.1) is 24.1 Å². The molecule has 0 aliphatic carbocycles. The number of furan rings is 1. The zero-order chi connectivity index (χ0) is 25.2. The lowest BCUT2D eigenvalue weighted by Gasteiger charge is -2.12. The summed E-state index contributed by atoms with van der Waals surface area (Å²) in [6.45, 7) is 8.56. The largest absolute Gasteiger partial charge is 0.493 e. The zero-order valence-electron chi connectivity index (χ0n) is 20.9. The highest BCUT2D eigenvalue weighted by atomic mass is 16.5. The molecule has 0 spiro atoms. The molecule has 0 unspecified atom stereocenters. The maximum Gasteiger partial charge on any atom is 0.248 e. The fourth-order valence-electron chi connectivity index (χ4n) is 4.61. The normalized spacial score (nSPS) is 11.7. The van der Waals surface area contributed by atoms with Crippen molar-refractivity contribution in [1.29, 1.82) is 0 Å². The number of carbonyl (C=O) groups excluding carboxylic acids is 1. The maximum absolute atomic E-state index is 13.0. The second kappa shape index (κ2) is 9.70. The minimum absolute atomic E-state index is 0.227. The molecule has 1 amide bonds. The van der Waals surface area contributed by atoms with Gasteiger partial charge in [-0.3, -0.25) is 9.78 Å². The third-order valence-electron chi connectivity index (χ3n) is 6.31. The van der Waals surface area contributed by atoms with E-state index in [1.165, 1.54) is 11.1 Å². The van der Waals surface area contributed by atoms with Crippen LogP contribution >= 0.6 is 0 Å². The Morgan fingerprint density at radius 3 is 2.69 bits per heavy atom. The summed E-state index contributed by atoms with van der Waals surface area (Å²) in [6.07, 6.45) is 5.12. The molecule has 2 aromatic heterocycles. The monoisotopic (exact) mass is 476 g/mol. The molecule has 5 aromatic rings. The first kappa shape index (κ1) is 23.4. The summed E-state index contributed by atoms with van der Waals surface area (Å²) in [5.74, 6) is 0.454. The molecule has 5 rings (SSSR count). The predicted molar refractivity (Wildman–Crippen MR) is 146 cm³/mol. The average molecular weight is 477 g/mol. The fourth-order valence-corrected chi connectivity index (χ4v) is 4.61. The first-order valence-electron chi connectivity index (χ1n) is 12.0. The number of nitrogens with zero attached hydrogens (tertiary/aromatic N) is 1. The Morgan fingerprint density at radius 2 is 1.89 bits per heavy atom. The van der Waals surface area contributed by atoms with E-state index in [1.54, 1.807) is 18.5 Å². The number of anilines is 1. The van der Waals surface area contributed by atoms with Crippen LogP contribution in [-0.4, -0.2) is 17.5 Å². The molecular weight excluding hydrogens is 448 g/mol. The van der Waals surface area contributed by atoms with Crippen LogP contribution in [0.1, 0.15) is 30.5 Å². The van der Waals surface area contributed by atoms with Gasteiger partial charge < -0.3 is 14.5 Å². The number of hydrogen-bond donors (Lipinski definition) is 1. The molecule has 0 saturated heterocycles. The number of allylic oxidation sites excluding steroid dienone is 1. The van der Waals surface area contributed by atoms with Crippen molar-refractivity contribution in [2.75, 3.05) is 11.9 Å². The molecular formula is C31H28N2O3. The van der Waals surface area contributed by atoms with Crippen molar-refractivity contribution in [3.8, 4) is 16.9 Å². The number of pyridine rings is 1. The number of ether oxygens (including phenoxy) is 1. The number of rotatable bonds is 6. The number of fused-ring (bicyclic) bond motifs is 2. The van der Waals surface area contributed by atoms with Gasteiger partial charge in [-0.2, -0.15) is 0 Å². The summed E-state index contributed by atoms with van der Waals surface area (Å²) in [7, 11) is 0. The second-order valence-corrected chi connectivity index (χ2v) is 8.94. The molecule has 0 aliphatic heterocycles. The minimum Gasteiger partial charge on any atom is -0.493 e. The highest BCUT2D eigenvalue weighted by Crippen LogP contribution is 2.38. The highest BCUT2D eigenvalue weighted by molar-refractivity contribution is 6.08. The Bertz CT molecular complexity index is 1620. The molecule has 0 saturated carbocycles.